The van der Waals surface area contributed by atoms with Gasteiger partial charge in [-0.2, -0.15) is 0 Å². The van der Waals surface area contributed by atoms with Crippen molar-refractivity contribution in [3.05, 3.63) is 12.2 Å². The second kappa shape index (κ2) is 6.58. The largest absolute Gasteiger partial charge is 0.466 e. The molecule has 0 aromatic carbocycles. The summed E-state index contributed by atoms with van der Waals surface area (Å²) in [5.41, 5.74) is 0.527. The summed E-state index contributed by atoms with van der Waals surface area (Å²) in [6, 6.07) is 0. The molecule has 0 bridgehead atoms. The molecule has 0 aromatic rings. The Morgan fingerprint density at radius 2 is 2.17 bits per heavy atom. The fourth-order valence-corrected chi connectivity index (χ4v) is 0.752. The Bertz CT molecular complexity index is 173. The number of allylic oxidation sites excluding steroid dienone is 1. The Morgan fingerprint density at radius 1 is 1.50 bits per heavy atom. The van der Waals surface area contributed by atoms with Crippen LogP contribution in [-0.4, -0.2) is 18.9 Å². The van der Waals surface area contributed by atoms with Crippen molar-refractivity contribution in [2.45, 2.75) is 26.2 Å². The summed E-state index contributed by atoms with van der Waals surface area (Å²) in [7, 11) is 0. The van der Waals surface area contributed by atoms with E-state index < -0.39 is 0 Å². The van der Waals surface area contributed by atoms with E-state index in [0.29, 0.717) is 37.7 Å². The van der Waals surface area contributed by atoms with Crippen molar-refractivity contribution < 1.29 is 14.3 Å². The minimum Gasteiger partial charge on any atom is -0.466 e. The summed E-state index contributed by atoms with van der Waals surface area (Å²) in [5, 5.41) is 0. The van der Waals surface area contributed by atoms with Gasteiger partial charge in [-0.1, -0.05) is 6.58 Å². The lowest BCUT2D eigenvalue weighted by atomic mass is 10.1. The Morgan fingerprint density at radius 3 is 2.67 bits per heavy atom. The van der Waals surface area contributed by atoms with Gasteiger partial charge >= 0.3 is 5.97 Å². The highest BCUT2D eigenvalue weighted by Crippen LogP contribution is 2.03. The summed E-state index contributed by atoms with van der Waals surface area (Å²) >= 11 is 0. The van der Waals surface area contributed by atoms with Gasteiger partial charge in [-0.15, -0.1) is 0 Å². The van der Waals surface area contributed by atoms with Crippen molar-refractivity contribution >= 4 is 12.3 Å². The maximum absolute atomic E-state index is 10.8. The molecule has 3 nitrogen and oxygen atoms in total. The molecule has 0 aliphatic heterocycles. The topological polar surface area (TPSA) is 43.4 Å². The predicted molar refractivity (Wildman–Crippen MR) is 45.7 cm³/mol. The summed E-state index contributed by atoms with van der Waals surface area (Å²) in [4.78, 5) is 20.9. The van der Waals surface area contributed by atoms with Gasteiger partial charge in [0, 0.05) is 6.42 Å². The van der Waals surface area contributed by atoms with E-state index in [1.807, 2.05) is 0 Å². The van der Waals surface area contributed by atoms with Crippen LogP contribution in [0, 0.1) is 0 Å². The van der Waals surface area contributed by atoms with E-state index >= 15 is 0 Å². The number of carbonyl (C=O) groups excluding carboxylic acids is 2. The molecule has 0 N–H and O–H groups in total. The van der Waals surface area contributed by atoms with Crippen molar-refractivity contribution in [2.75, 3.05) is 6.61 Å². The van der Waals surface area contributed by atoms with Gasteiger partial charge in [0.1, 0.15) is 6.29 Å². The van der Waals surface area contributed by atoms with Crippen molar-refractivity contribution in [3.8, 4) is 0 Å². The molecule has 12 heavy (non-hydrogen) atoms. The summed E-state index contributed by atoms with van der Waals surface area (Å²) in [6.45, 7) is 5.67. The molecule has 0 radical (unpaired) electrons. The van der Waals surface area contributed by atoms with E-state index in [1.54, 1.807) is 6.92 Å². The molecule has 0 saturated heterocycles. The summed E-state index contributed by atoms with van der Waals surface area (Å²) in [5.74, 6) is -0.212. The highest BCUT2D eigenvalue weighted by Gasteiger charge is 2.01. The summed E-state index contributed by atoms with van der Waals surface area (Å²) < 4.78 is 4.70. The third-order valence-corrected chi connectivity index (χ3v) is 1.35. The minimum atomic E-state index is -0.212. The first-order valence-electron chi connectivity index (χ1n) is 3.99. The fourth-order valence-electron chi connectivity index (χ4n) is 0.752. The van der Waals surface area contributed by atoms with Gasteiger partial charge in [-0.25, -0.2) is 0 Å². The molecule has 0 saturated carbocycles. The average Bonchev–Trinajstić information content (AvgIpc) is 2.04. The quantitative estimate of drug-likeness (QED) is 0.344. The highest BCUT2D eigenvalue weighted by atomic mass is 16.5. The Hall–Kier alpha value is -1.12. The van der Waals surface area contributed by atoms with Gasteiger partial charge in [0.2, 0.25) is 0 Å². The first-order chi connectivity index (χ1) is 5.70. The molecule has 0 spiro atoms. The lowest BCUT2D eigenvalue weighted by molar-refractivity contribution is -0.143. The molecule has 0 aliphatic carbocycles. The molecule has 0 amide bonds. The van der Waals surface area contributed by atoms with Crippen LogP contribution in [0.15, 0.2) is 12.2 Å². The molecule has 0 atom stereocenters. The van der Waals surface area contributed by atoms with E-state index in [0.717, 1.165) is 0 Å². The monoisotopic (exact) mass is 170 g/mol. The van der Waals surface area contributed by atoms with E-state index in [2.05, 4.69) is 6.58 Å². The molecule has 0 rings (SSSR count). The Labute approximate surface area is 72.4 Å². The Balaban J connectivity index is 3.36. The van der Waals surface area contributed by atoms with Crippen LogP contribution < -0.4 is 0 Å². The van der Waals surface area contributed by atoms with Crippen LogP contribution in [0.4, 0.5) is 0 Å². The standard InChI is InChI=1S/C9H14O3/c1-3-12-9(11)6-4-5-8(2)7-10/h7H,2-6H2,1H3. The lowest BCUT2D eigenvalue weighted by Gasteiger charge is -2.00. The number of esters is 1. The van der Waals surface area contributed by atoms with E-state index in [-0.39, 0.29) is 5.97 Å². The van der Waals surface area contributed by atoms with Crippen LogP contribution in [0.2, 0.25) is 0 Å². The molecule has 0 aromatic heterocycles. The fraction of sp³-hybridized carbons (Fsp3) is 0.556. The molecule has 0 heterocycles. The van der Waals surface area contributed by atoms with Crippen molar-refractivity contribution in [2.24, 2.45) is 0 Å². The zero-order valence-electron chi connectivity index (χ0n) is 7.34. The van der Waals surface area contributed by atoms with Crippen molar-refractivity contribution in [1.29, 1.82) is 0 Å². The molecule has 0 fully saturated rings. The van der Waals surface area contributed by atoms with Crippen LogP contribution in [0.5, 0.6) is 0 Å². The van der Waals surface area contributed by atoms with Gasteiger partial charge < -0.3 is 4.74 Å². The van der Waals surface area contributed by atoms with Gasteiger partial charge in [0.25, 0.3) is 0 Å². The number of carbonyl (C=O) groups is 2. The minimum absolute atomic E-state index is 0.212. The van der Waals surface area contributed by atoms with Crippen LogP contribution in [0.3, 0.4) is 0 Å². The van der Waals surface area contributed by atoms with Gasteiger partial charge in [0.15, 0.2) is 0 Å². The third-order valence-electron chi connectivity index (χ3n) is 1.35. The molecule has 68 valence electrons. The van der Waals surface area contributed by atoms with Gasteiger partial charge in [-0.3, -0.25) is 9.59 Å². The van der Waals surface area contributed by atoms with E-state index in [9.17, 15) is 9.59 Å². The molecular weight excluding hydrogens is 156 g/mol. The smallest absolute Gasteiger partial charge is 0.305 e. The highest BCUT2D eigenvalue weighted by molar-refractivity contribution is 5.72. The maximum Gasteiger partial charge on any atom is 0.305 e. The van der Waals surface area contributed by atoms with Crippen LogP contribution >= 0.6 is 0 Å². The third kappa shape index (κ3) is 5.65. The normalized spacial score (nSPS) is 9.08. The number of hydrogen-bond acceptors (Lipinski definition) is 3. The van der Waals surface area contributed by atoms with E-state index in [4.69, 9.17) is 4.74 Å². The van der Waals surface area contributed by atoms with Crippen LogP contribution in [0.25, 0.3) is 0 Å². The number of hydrogen-bond donors (Lipinski definition) is 0. The summed E-state index contributed by atoms with van der Waals surface area (Å²) in [6.07, 6.45) is 2.28. The second-order valence-corrected chi connectivity index (χ2v) is 2.43. The SMILES string of the molecule is C=C(C=O)CCCC(=O)OCC. The van der Waals surface area contributed by atoms with Crippen LogP contribution in [-0.2, 0) is 14.3 Å². The number of aldehydes is 1. The number of ether oxygens (including phenoxy) is 1. The van der Waals surface area contributed by atoms with E-state index in [1.165, 1.54) is 0 Å². The molecule has 0 unspecified atom stereocenters. The van der Waals surface area contributed by atoms with Crippen LogP contribution in [0.1, 0.15) is 26.2 Å². The zero-order chi connectivity index (χ0) is 9.40. The molecular formula is C9H14O3. The molecule has 3 heteroatoms. The first kappa shape index (κ1) is 10.9. The molecule has 0 aliphatic rings. The second-order valence-electron chi connectivity index (χ2n) is 2.43. The maximum atomic E-state index is 10.8. The van der Waals surface area contributed by atoms with Gasteiger partial charge in [0.05, 0.1) is 6.61 Å². The Kier molecular flexibility index (Phi) is 5.97. The zero-order valence-corrected chi connectivity index (χ0v) is 7.34. The van der Waals surface area contributed by atoms with Crippen molar-refractivity contribution in [3.63, 3.8) is 0 Å². The van der Waals surface area contributed by atoms with Crippen molar-refractivity contribution in [1.82, 2.24) is 0 Å². The number of rotatable bonds is 6. The predicted octanol–water partition coefficient (Wildman–Crippen LogP) is 1.47. The first-order valence-corrected chi connectivity index (χ1v) is 3.99. The van der Waals surface area contributed by atoms with Gasteiger partial charge in [-0.05, 0) is 25.3 Å². The average molecular weight is 170 g/mol. The lowest BCUT2D eigenvalue weighted by Crippen LogP contribution is -2.03.